The molecule has 0 heterocycles. The zero-order valence-corrected chi connectivity index (χ0v) is 21.6. The Labute approximate surface area is 206 Å². The second kappa shape index (κ2) is 13.6. The molecule has 1 unspecified atom stereocenters. The molecule has 0 spiro atoms. The molecule has 0 aliphatic heterocycles. The summed E-state index contributed by atoms with van der Waals surface area (Å²) in [6, 6.07) is 6.50. The number of carbonyl (C=O) groups is 2. The van der Waals surface area contributed by atoms with Crippen LogP contribution >= 0.6 is 0 Å². The van der Waals surface area contributed by atoms with E-state index in [0.29, 0.717) is 11.3 Å². The smallest absolute Gasteiger partial charge is 0.409 e. The molecule has 0 saturated carbocycles. The standard InChI is InChI=1S/C25H39F2NO7/c1-7-35-25(6,21(29)30)19-8-10-20(11-9-19)33-17-14-28(22(31)34-18-23(2,3)4)13-16-32-15-12-24(5,26)27/h8-11H,7,12-18H2,1-6H3,(H,29,30). The van der Waals surface area contributed by atoms with Crippen molar-refractivity contribution in [3.8, 4) is 5.75 Å². The number of benzene rings is 1. The Balaban J connectivity index is 2.69. The molecule has 0 saturated heterocycles. The van der Waals surface area contributed by atoms with Gasteiger partial charge >= 0.3 is 12.1 Å². The monoisotopic (exact) mass is 503 g/mol. The number of amides is 1. The van der Waals surface area contributed by atoms with Gasteiger partial charge in [-0.25, -0.2) is 18.4 Å². The second-order valence-electron chi connectivity index (χ2n) is 9.68. The van der Waals surface area contributed by atoms with Crippen molar-refractivity contribution in [2.45, 2.75) is 59.5 Å². The number of nitrogens with zero attached hydrogens (tertiary/aromatic N) is 1. The van der Waals surface area contributed by atoms with E-state index in [9.17, 15) is 23.5 Å². The van der Waals surface area contributed by atoms with Crippen molar-refractivity contribution in [2.75, 3.05) is 46.1 Å². The van der Waals surface area contributed by atoms with Crippen molar-refractivity contribution in [2.24, 2.45) is 5.41 Å². The third-order valence-electron chi connectivity index (χ3n) is 4.95. The molecule has 8 nitrogen and oxygen atoms in total. The highest BCUT2D eigenvalue weighted by Crippen LogP contribution is 2.27. The summed E-state index contributed by atoms with van der Waals surface area (Å²) in [5.74, 6) is -3.41. The lowest BCUT2D eigenvalue weighted by Crippen LogP contribution is -2.39. The number of rotatable bonds is 15. The molecule has 0 aromatic heterocycles. The molecule has 35 heavy (non-hydrogen) atoms. The first-order valence-corrected chi connectivity index (χ1v) is 11.7. The first-order chi connectivity index (χ1) is 16.2. The van der Waals surface area contributed by atoms with Crippen molar-refractivity contribution in [3.05, 3.63) is 29.8 Å². The number of hydrogen-bond donors (Lipinski definition) is 1. The molecule has 1 aromatic rings. The van der Waals surface area contributed by atoms with E-state index in [-0.39, 0.29) is 51.5 Å². The number of carbonyl (C=O) groups excluding carboxylic acids is 1. The van der Waals surface area contributed by atoms with Crippen molar-refractivity contribution < 1.29 is 42.4 Å². The summed E-state index contributed by atoms with van der Waals surface area (Å²) in [6.07, 6.45) is -0.942. The average Bonchev–Trinajstić information content (AvgIpc) is 2.75. The van der Waals surface area contributed by atoms with Gasteiger partial charge in [0.1, 0.15) is 12.4 Å². The van der Waals surface area contributed by atoms with Crippen molar-refractivity contribution >= 4 is 12.1 Å². The van der Waals surface area contributed by atoms with Gasteiger partial charge in [-0.05, 0) is 43.9 Å². The molecule has 0 aliphatic carbocycles. The minimum Gasteiger partial charge on any atom is -0.492 e. The number of hydrogen-bond acceptors (Lipinski definition) is 6. The van der Waals surface area contributed by atoms with Gasteiger partial charge in [0.05, 0.1) is 26.4 Å². The summed E-state index contributed by atoms with van der Waals surface area (Å²) < 4.78 is 47.6. The Hall–Kier alpha value is -2.46. The molecule has 200 valence electrons. The van der Waals surface area contributed by atoms with Crippen LogP contribution in [-0.4, -0.2) is 74.1 Å². The Morgan fingerprint density at radius 1 is 0.971 bits per heavy atom. The maximum absolute atomic E-state index is 12.9. The van der Waals surface area contributed by atoms with Crippen LogP contribution < -0.4 is 4.74 Å². The van der Waals surface area contributed by atoms with E-state index < -0.39 is 30.0 Å². The average molecular weight is 504 g/mol. The van der Waals surface area contributed by atoms with Crippen LogP contribution in [0.25, 0.3) is 0 Å². The minimum absolute atomic E-state index is 0.0839. The molecule has 1 rings (SSSR count). The third kappa shape index (κ3) is 11.7. The zero-order valence-electron chi connectivity index (χ0n) is 21.6. The molecular weight excluding hydrogens is 464 g/mol. The lowest BCUT2D eigenvalue weighted by atomic mass is 9.96. The van der Waals surface area contributed by atoms with Crippen LogP contribution in [-0.2, 0) is 24.6 Å². The molecule has 0 radical (unpaired) electrons. The normalized spacial score (nSPS) is 13.7. The van der Waals surface area contributed by atoms with Gasteiger partial charge in [-0.3, -0.25) is 0 Å². The number of ether oxygens (including phenoxy) is 4. The summed E-state index contributed by atoms with van der Waals surface area (Å²) in [6.45, 7) is 10.8. The number of carboxylic acids is 1. The van der Waals surface area contributed by atoms with Crippen LogP contribution in [0.3, 0.4) is 0 Å². The van der Waals surface area contributed by atoms with E-state index in [1.807, 2.05) is 20.8 Å². The summed E-state index contributed by atoms with van der Waals surface area (Å²) in [5.41, 5.74) is -1.21. The predicted octanol–water partition coefficient (Wildman–Crippen LogP) is 4.95. The van der Waals surface area contributed by atoms with Crippen LogP contribution in [0.4, 0.5) is 13.6 Å². The van der Waals surface area contributed by atoms with Crippen LogP contribution in [0, 0.1) is 5.41 Å². The van der Waals surface area contributed by atoms with Crippen LogP contribution in [0.15, 0.2) is 24.3 Å². The first kappa shape index (κ1) is 30.6. The fourth-order valence-corrected chi connectivity index (χ4v) is 2.89. The number of carboxylic acid groups (broad SMARTS) is 1. The zero-order chi connectivity index (χ0) is 26.7. The maximum Gasteiger partial charge on any atom is 0.409 e. The van der Waals surface area contributed by atoms with E-state index in [0.717, 1.165) is 6.92 Å². The Morgan fingerprint density at radius 3 is 2.09 bits per heavy atom. The molecule has 0 fully saturated rings. The van der Waals surface area contributed by atoms with Gasteiger partial charge in [0.25, 0.3) is 0 Å². The van der Waals surface area contributed by atoms with E-state index in [2.05, 4.69) is 0 Å². The highest BCUT2D eigenvalue weighted by atomic mass is 19.3. The van der Waals surface area contributed by atoms with E-state index >= 15 is 0 Å². The Bertz CT molecular complexity index is 790. The largest absolute Gasteiger partial charge is 0.492 e. The van der Waals surface area contributed by atoms with E-state index in [1.165, 1.54) is 11.8 Å². The topological polar surface area (TPSA) is 94.5 Å². The summed E-state index contributed by atoms with van der Waals surface area (Å²) >= 11 is 0. The second-order valence-corrected chi connectivity index (χ2v) is 9.68. The number of halogens is 2. The molecular formula is C25H39F2NO7. The fourth-order valence-electron chi connectivity index (χ4n) is 2.89. The number of alkyl halides is 2. The van der Waals surface area contributed by atoms with Crippen molar-refractivity contribution in [1.29, 1.82) is 0 Å². The quantitative estimate of drug-likeness (QED) is 0.339. The first-order valence-electron chi connectivity index (χ1n) is 11.7. The van der Waals surface area contributed by atoms with E-state index in [4.69, 9.17) is 18.9 Å². The predicted molar refractivity (Wildman–Crippen MR) is 127 cm³/mol. The minimum atomic E-state index is -2.81. The Kier molecular flexibility index (Phi) is 11.9. The van der Waals surface area contributed by atoms with Crippen LogP contribution in [0.2, 0.25) is 0 Å². The molecule has 1 atom stereocenters. The third-order valence-corrected chi connectivity index (χ3v) is 4.95. The molecule has 1 aromatic carbocycles. The molecule has 10 heteroatoms. The lowest BCUT2D eigenvalue weighted by Gasteiger charge is -2.26. The van der Waals surface area contributed by atoms with Crippen molar-refractivity contribution in [3.63, 3.8) is 0 Å². The van der Waals surface area contributed by atoms with Gasteiger partial charge in [-0.1, -0.05) is 32.9 Å². The highest BCUT2D eigenvalue weighted by molar-refractivity contribution is 5.79. The van der Waals surface area contributed by atoms with Gasteiger partial charge < -0.3 is 29.0 Å². The lowest BCUT2D eigenvalue weighted by molar-refractivity contribution is -0.164. The van der Waals surface area contributed by atoms with Gasteiger partial charge in [-0.15, -0.1) is 0 Å². The molecule has 0 bridgehead atoms. The van der Waals surface area contributed by atoms with Gasteiger partial charge in [0, 0.05) is 19.6 Å². The highest BCUT2D eigenvalue weighted by Gasteiger charge is 2.36. The van der Waals surface area contributed by atoms with E-state index in [1.54, 1.807) is 31.2 Å². The van der Waals surface area contributed by atoms with Crippen LogP contribution in [0.5, 0.6) is 5.75 Å². The molecule has 0 aliphatic rings. The maximum atomic E-state index is 12.9. The Morgan fingerprint density at radius 2 is 1.57 bits per heavy atom. The van der Waals surface area contributed by atoms with Gasteiger partial charge in [0.15, 0.2) is 5.60 Å². The summed E-state index contributed by atoms with van der Waals surface area (Å²) in [4.78, 5) is 25.6. The summed E-state index contributed by atoms with van der Waals surface area (Å²) in [7, 11) is 0. The van der Waals surface area contributed by atoms with Crippen molar-refractivity contribution in [1.82, 2.24) is 4.90 Å². The SMILES string of the molecule is CCOC(C)(C(=O)O)c1ccc(OCCN(CCOCCC(C)(F)F)C(=O)OCC(C)(C)C)cc1. The number of aliphatic carboxylic acids is 1. The fraction of sp³-hybridized carbons (Fsp3) is 0.680. The summed E-state index contributed by atoms with van der Waals surface area (Å²) in [5, 5.41) is 9.53. The van der Waals surface area contributed by atoms with Gasteiger partial charge in [0.2, 0.25) is 5.92 Å². The molecule has 1 amide bonds. The van der Waals surface area contributed by atoms with Crippen LogP contribution in [0.1, 0.15) is 53.5 Å². The van der Waals surface area contributed by atoms with Gasteiger partial charge in [-0.2, -0.15) is 0 Å². The molecule has 1 N–H and O–H groups in total.